The Balaban J connectivity index is 1.62. The molecule has 0 spiro atoms. The lowest BCUT2D eigenvalue weighted by Crippen LogP contribution is -2.45. The van der Waals surface area contributed by atoms with E-state index in [-0.39, 0.29) is 37.1 Å². The van der Waals surface area contributed by atoms with E-state index in [2.05, 4.69) is 26.1 Å². The molecule has 2 aliphatic rings. The Bertz CT molecular complexity index is 900. The van der Waals surface area contributed by atoms with Crippen LogP contribution in [-0.2, 0) is 14.4 Å². The summed E-state index contributed by atoms with van der Waals surface area (Å²) in [4.78, 5) is 39.5. The maximum absolute atomic E-state index is 13.5. The van der Waals surface area contributed by atoms with Gasteiger partial charge in [0.1, 0.15) is 0 Å². The number of carboxylic acid groups (broad SMARTS) is 1. The fourth-order valence-corrected chi connectivity index (χ4v) is 5.41. The number of nitrogens with zero attached hydrogens (tertiary/aromatic N) is 1. The summed E-state index contributed by atoms with van der Waals surface area (Å²) in [5.41, 5.74) is 1.80. The molecule has 6 nitrogen and oxygen atoms in total. The highest BCUT2D eigenvalue weighted by molar-refractivity contribution is 6.33. The minimum atomic E-state index is -0.957. The van der Waals surface area contributed by atoms with E-state index in [1.165, 1.54) is 6.42 Å². The van der Waals surface area contributed by atoms with Gasteiger partial charge in [-0.05, 0) is 80.4 Å². The highest BCUT2D eigenvalue weighted by atomic mass is 35.5. The molecule has 0 aliphatic heterocycles. The van der Waals surface area contributed by atoms with Crippen molar-refractivity contribution >= 4 is 35.1 Å². The van der Waals surface area contributed by atoms with Gasteiger partial charge in [0.05, 0.1) is 10.7 Å². The topological polar surface area (TPSA) is 86.7 Å². The van der Waals surface area contributed by atoms with E-state index >= 15 is 0 Å². The molecule has 3 rings (SSSR count). The zero-order valence-corrected chi connectivity index (χ0v) is 21.7. The molecule has 0 saturated heterocycles. The third-order valence-electron chi connectivity index (χ3n) is 6.85. The average Bonchev–Trinajstić information content (AvgIpc) is 3.52. The third-order valence-corrected chi connectivity index (χ3v) is 7.16. The Morgan fingerprint density at radius 1 is 1.18 bits per heavy atom. The van der Waals surface area contributed by atoms with E-state index in [0.717, 1.165) is 37.8 Å². The summed E-state index contributed by atoms with van der Waals surface area (Å²) >= 11 is 6.24. The Morgan fingerprint density at radius 2 is 1.85 bits per heavy atom. The number of hydrogen-bond donors (Lipinski definition) is 2. The SMILES string of the molecule is Cc1ccc(NC(=O)C[C@H](CCC(=O)O)C(=O)N(CC2CC(CC(C)(C)C)C2)C2CC2)c(Cl)c1. The van der Waals surface area contributed by atoms with Crippen LogP contribution in [0.2, 0.25) is 5.02 Å². The normalized spacial score (nSPS) is 20.9. The van der Waals surface area contributed by atoms with E-state index in [4.69, 9.17) is 11.6 Å². The number of nitrogens with one attached hydrogen (secondary N) is 1. The minimum Gasteiger partial charge on any atom is -0.481 e. The van der Waals surface area contributed by atoms with Crippen LogP contribution < -0.4 is 5.32 Å². The molecular formula is C27H39ClN2O4. The molecule has 0 aromatic heterocycles. The molecular weight excluding hydrogens is 452 g/mol. The largest absolute Gasteiger partial charge is 0.481 e. The zero-order chi connectivity index (χ0) is 25.0. The number of rotatable bonds is 11. The molecule has 2 saturated carbocycles. The number of carboxylic acids is 1. The molecule has 1 atom stereocenters. The van der Waals surface area contributed by atoms with Crippen LogP contribution in [0.1, 0.15) is 77.7 Å². The lowest BCUT2D eigenvalue weighted by molar-refractivity contribution is -0.141. The third kappa shape index (κ3) is 8.00. The van der Waals surface area contributed by atoms with E-state index in [1.54, 1.807) is 12.1 Å². The van der Waals surface area contributed by atoms with Crippen LogP contribution in [0.5, 0.6) is 0 Å². The highest BCUT2D eigenvalue weighted by Gasteiger charge is 2.40. The van der Waals surface area contributed by atoms with Crippen molar-refractivity contribution in [3.05, 3.63) is 28.8 Å². The summed E-state index contributed by atoms with van der Waals surface area (Å²) in [7, 11) is 0. The molecule has 2 N–H and O–H groups in total. The van der Waals surface area contributed by atoms with Gasteiger partial charge in [-0.15, -0.1) is 0 Å². The van der Waals surface area contributed by atoms with Crippen molar-refractivity contribution in [2.75, 3.05) is 11.9 Å². The number of amides is 2. The van der Waals surface area contributed by atoms with Gasteiger partial charge in [-0.3, -0.25) is 14.4 Å². The van der Waals surface area contributed by atoms with Crippen LogP contribution in [0.3, 0.4) is 0 Å². The highest BCUT2D eigenvalue weighted by Crippen LogP contribution is 2.43. The lowest BCUT2D eigenvalue weighted by Gasteiger charge is -2.42. The van der Waals surface area contributed by atoms with Gasteiger partial charge in [-0.1, -0.05) is 38.4 Å². The van der Waals surface area contributed by atoms with Crippen molar-refractivity contribution in [2.45, 2.75) is 85.1 Å². The summed E-state index contributed by atoms with van der Waals surface area (Å²) in [6.07, 6.45) is 5.43. The van der Waals surface area contributed by atoms with Crippen LogP contribution in [0.15, 0.2) is 18.2 Å². The van der Waals surface area contributed by atoms with E-state index in [1.807, 2.05) is 17.9 Å². The lowest BCUT2D eigenvalue weighted by atomic mass is 9.68. The fraction of sp³-hybridized carbons (Fsp3) is 0.667. The predicted octanol–water partition coefficient (Wildman–Crippen LogP) is 5.91. The van der Waals surface area contributed by atoms with Gasteiger partial charge in [0.2, 0.25) is 11.8 Å². The molecule has 7 heteroatoms. The van der Waals surface area contributed by atoms with Crippen molar-refractivity contribution in [1.29, 1.82) is 0 Å². The monoisotopic (exact) mass is 490 g/mol. The smallest absolute Gasteiger partial charge is 0.303 e. The standard InChI is InChI=1S/C27H39ClN2O4/c1-17-5-9-23(22(28)11-17)29-24(31)14-20(6-10-25(32)33)26(34)30(21-7-8-21)16-19-12-18(13-19)15-27(2,3)4/h5,9,11,18-21H,6-8,10,12-16H2,1-4H3,(H,29,31)(H,32,33)/t18?,19?,20-/m0/s1. The van der Waals surface area contributed by atoms with Crippen LogP contribution in [-0.4, -0.2) is 40.4 Å². The van der Waals surface area contributed by atoms with Crippen molar-refractivity contribution in [3.63, 3.8) is 0 Å². The second-order valence-corrected chi connectivity index (χ2v) is 12.0. The first-order valence-electron chi connectivity index (χ1n) is 12.5. The Labute approximate surface area is 208 Å². The van der Waals surface area contributed by atoms with E-state index in [0.29, 0.717) is 28.0 Å². The maximum Gasteiger partial charge on any atom is 0.303 e. The molecule has 2 amide bonds. The van der Waals surface area contributed by atoms with Crippen molar-refractivity contribution in [3.8, 4) is 0 Å². The minimum absolute atomic E-state index is 0.0448. The average molecular weight is 491 g/mol. The summed E-state index contributed by atoms with van der Waals surface area (Å²) < 4.78 is 0. The van der Waals surface area contributed by atoms with Gasteiger partial charge in [0, 0.05) is 31.3 Å². The zero-order valence-electron chi connectivity index (χ0n) is 20.9. The summed E-state index contributed by atoms with van der Waals surface area (Å²) in [5.74, 6) is -0.786. The summed E-state index contributed by atoms with van der Waals surface area (Å²) in [5, 5.41) is 12.4. The number of halogens is 1. The molecule has 2 fully saturated rings. The second kappa shape index (κ2) is 11.1. The number of aliphatic carboxylic acids is 1. The number of carbonyl (C=O) groups is 3. The summed E-state index contributed by atoms with van der Waals surface area (Å²) in [6.45, 7) is 9.43. The molecule has 34 heavy (non-hydrogen) atoms. The van der Waals surface area contributed by atoms with Gasteiger partial charge in [0.15, 0.2) is 0 Å². The van der Waals surface area contributed by atoms with Crippen molar-refractivity contribution in [2.24, 2.45) is 23.2 Å². The first-order valence-corrected chi connectivity index (χ1v) is 12.9. The number of benzene rings is 1. The second-order valence-electron chi connectivity index (χ2n) is 11.6. The first kappa shape index (κ1) is 26.5. The molecule has 1 aromatic rings. The first-order chi connectivity index (χ1) is 15.9. The number of anilines is 1. The number of hydrogen-bond acceptors (Lipinski definition) is 3. The number of carbonyl (C=O) groups excluding carboxylic acids is 2. The fourth-order valence-electron chi connectivity index (χ4n) is 5.13. The molecule has 2 aliphatic carbocycles. The van der Waals surface area contributed by atoms with Crippen LogP contribution in [0.4, 0.5) is 5.69 Å². The Hall–Kier alpha value is -2.08. The predicted molar refractivity (Wildman–Crippen MR) is 135 cm³/mol. The van der Waals surface area contributed by atoms with Gasteiger partial charge in [0.25, 0.3) is 0 Å². The molecule has 0 radical (unpaired) electrons. The Kier molecular flexibility index (Phi) is 8.66. The van der Waals surface area contributed by atoms with Crippen LogP contribution >= 0.6 is 11.6 Å². The van der Waals surface area contributed by atoms with E-state index in [9.17, 15) is 19.5 Å². The van der Waals surface area contributed by atoms with Crippen LogP contribution in [0.25, 0.3) is 0 Å². The Morgan fingerprint density at radius 3 is 2.41 bits per heavy atom. The molecule has 0 bridgehead atoms. The number of aryl methyl sites for hydroxylation is 1. The van der Waals surface area contributed by atoms with Gasteiger partial charge < -0.3 is 15.3 Å². The van der Waals surface area contributed by atoms with Gasteiger partial charge in [-0.25, -0.2) is 0 Å². The summed E-state index contributed by atoms with van der Waals surface area (Å²) in [6, 6.07) is 5.60. The molecule has 1 aromatic carbocycles. The van der Waals surface area contributed by atoms with Gasteiger partial charge in [-0.2, -0.15) is 0 Å². The molecule has 188 valence electrons. The quantitative estimate of drug-likeness (QED) is 0.403. The molecule has 0 unspecified atom stereocenters. The van der Waals surface area contributed by atoms with E-state index < -0.39 is 11.9 Å². The van der Waals surface area contributed by atoms with Crippen molar-refractivity contribution in [1.82, 2.24) is 4.90 Å². The maximum atomic E-state index is 13.5. The van der Waals surface area contributed by atoms with Gasteiger partial charge >= 0.3 is 5.97 Å². The van der Waals surface area contributed by atoms with Crippen LogP contribution in [0, 0.1) is 30.1 Å². The molecule has 0 heterocycles. The van der Waals surface area contributed by atoms with Crippen molar-refractivity contribution < 1.29 is 19.5 Å².